The van der Waals surface area contributed by atoms with Crippen molar-refractivity contribution in [2.24, 2.45) is 17.8 Å². The number of carbonyl (C=O) groups excluding carboxylic acids is 2. The van der Waals surface area contributed by atoms with Gasteiger partial charge in [-0.15, -0.1) is 0 Å². The Hall–Kier alpha value is -2.08. The van der Waals surface area contributed by atoms with Crippen LogP contribution in [0.4, 0.5) is 0 Å². The van der Waals surface area contributed by atoms with Crippen LogP contribution < -0.4 is 9.47 Å². The smallest absolute Gasteiger partial charge is 0.231 e. The zero-order valence-electron chi connectivity index (χ0n) is 16.3. The quantitative estimate of drug-likeness (QED) is 0.801. The number of ether oxygens (including phenoxy) is 2. The molecule has 6 nitrogen and oxygen atoms in total. The Morgan fingerprint density at radius 2 is 1.71 bits per heavy atom. The Kier molecular flexibility index (Phi) is 4.75. The molecule has 4 aliphatic rings. The van der Waals surface area contributed by atoms with Crippen molar-refractivity contribution in [3.8, 4) is 11.5 Å². The van der Waals surface area contributed by atoms with Crippen LogP contribution in [0.2, 0.25) is 0 Å². The Morgan fingerprint density at radius 1 is 1.00 bits per heavy atom. The van der Waals surface area contributed by atoms with Crippen LogP contribution >= 0.6 is 0 Å². The molecule has 2 aliphatic carbocycles. The lowest BCUT2D eigenvalue weighted by molar-refractivity contribution is -0.144. The minimum atomic E-state index is 0.0633. The van der Waals surface area contributed by atoms with E-state index in [1.807, 2.05) is 11.0 Å². The average Bonchev–Trinajstić information content (AvgIpc) is 3.16. The van der Waals surface area contributed by atoms with E-state index in [4.69, 9.17) is 9.47 Å². The second-order valence-electron chi connectivity index (χ2n) is 8.68. The lowest BCUT2D eigenvalue weighted by Crippen LogP contribution is -2.51. The number of carbonyl (C=O) groups is 2. The molecular weight excluding hydrogens is 356 g/mol. The summed E-state index contributed by atoms with van der Waals surface area (Å²) in [4.78, 5) is 29.8. The molecule has 3 fully saturated rings. The second-order valence-corrected chi connectivity index (χ2v) is 8.68. The molecule has 1 aromatic rings. The molecule has 2 unspecified atom stereocenters. The van der Waals surface area contributed by atoms with Crippen LogP contribution in [0.5, 0.6) is 11.5 Å². The number of hydrogen-bond acceptors (Lipinski definition) is 5. The molecule has 1 aromatic carbocycles. The molecule has 0 aromatic heterocycles. The van der Waals surface area contributed by atoms with E-state index < -0.39 is 0 Å². The normalized spacial score (nSPS) is 29.8. The maximum absolute atomic E-state index is 13.0. The highest BCUT2D eigenvalue weighted by atomic mass is 16.7. The minimum Gasteiger partial charge on any atom is -0.454 e. The van der Waals surface area contributed by atoms with Crippen molar-refractivity contribution < 1.29 is 19.1 Å². The van der Waals surface area contributed by atoms with E-state index in [1.54, 1.807) is 0 Å². The number of ketones is 1. The van der Waals surface area contributed by atoms with E-state index in [-0.39, 0.29) is 23.7 Å². The minimum absolute atomic E-state index is 0.0633. The molecule has 0 N–H and O–H groups in total. The van der Waals surface area contributed by atoms with Crippen LogP contribution in [0.25, 0.3) is 0 Å². The van der Waals surface area contributed by atoms with E-state index in [0.29, 0.717) is 12.6 Å². The maximum atomic E-state index is 13.0. The summed E-state index contributed by atoms with van der Waals surface area (Å²) in [5, 5.41) is 0. The Morgan fingerprint density at radius 3 is 2.46 bits per heavy atom. The largest absolute Gasteiger partial charge is 0.454 e. The number of benzene rings is 1. The molecular formula is C22H28N2O4. The lowest BCUT2D eigenvalue weighted by atomic mass is 9.67. The molecule has 2 saturated carbocycles. The molecule has 0 spiro atoms. The summed E-state index contributed by atoms with van der Waals surface area (Å²) < 4.78 is 10.8. The third-order valence-corrected chi connectivity index (χ3v) is 6.92. The second kappa shape index (κ2) is 7.39. The molecule has 1 saturated heterocycles. The third kappa shape index (κ3) is 3.39. The van der Waals surface area contributed by atoms with Crippen molar-refractivity contribution in [3.63, 3.8) is 0 Å². The van der Waals surface area contributed by atoms with Gasteiger partial charge >= 0.3 is 0 Å². The fourth-order valence-corrected chi connectivity index (χ4v) is 5.36. The molecule has 0 radical (unpaired) electrons. The van der Waals surface area contributed by atoms with Crippen LogP contribution in [-0.4, -0.2) is 54.5 Å². The standard InChI is InChI=1S/C22H28N2O4/c25-21-16-2-1-3-17(21)12-18(11-16)22(26)24-8-6-23(7-9-24)13-15-4-5-19-20(10-15)28-14-27-19/h4-5,10,16-18H,1-3,6-9,11-14H2. The summed E-state index contributed by atoms with van der Waals surface area (Å²) in [6.45, 7) is 4.50. The first-order valence-corrected chi connectivity index (χ1v) is 10.6. The van der Waals surface area contributed by atoms with Gasteiger partial charge in [-0.1, -0.05) is 12.5 Å². The first-order valence-electron chi connectivity index (χ1n) is 10.6. The van der Waals surface area contributed by atoms with Gasteiger partial charge in [-0.05, 0) is 43.4 Å². The number of nitrogens with zero attached hydrogens (tertiary/aromatic N) is 2. The molecule has 2 atom stereocenters. The van der Waals surface area contributed by atoms with Crippen molar-refractivity contribution in [1.29, 1.82) is 0 Å². The molecule has 5 rings (SSSR count). The number of fused-ring (bicyclic) bond motifs is 3. The van der Waals surface area contributed by atoms with Crippen molar-refractivity contribution in [1.82, 2.24) is 9.80 Å². The number of rotatable bonds is 3. The van der Waals surface area contributed by atoms with Crippen LogP contribution in [0, 0.1) is 17.8 Å². The highest BCUT2D eigenvalue weighted by Crippen LogP contribution is 2.40. The van der Waals surface area contributed by atoms with E-state index in [2.05, 4.69) is 17.0 Å². The fourth-order valence-electron chi connectivity index (χ4n) is 5.36. The molecule has 28 heavy (non-hydrogen) atoms. The van der Waals surface area contributed by atoms with Crippen molar-refractivity contribution in [2.75, 3.05) is 33.0 Å². The predicted octanol–water partition coefficient (Wildman–Crippen LogP) is 2.45. The van der Waals surface area contributed by atoms with E-state index in [0.717, 1.165) is 76.3 Å². The van der Waals surface area contributed by atoms with Crippen molar-refractivity contribution >= 4 is 11.7 Å². The summed E-state index contributed by atoms with van der Waals surface area (Å²) in [5.74, 6) is 2.71. The zero-order valence-corrected chi connectivity index (χ0v) is 16.3. The van der Waals surface area contributed by atoms with Gasteiger partial charge in [0.2, 0.25) is 12.7 Å². The van der Waals surface area contributed by atoms with Gasteiger partial charge in [-0.2, -0.15) is 0 Å². The van der Waals surface area contributed by atoms with E-state index in [1.165, 1.54) is 5.56 Å². The summed E-state index contributed by atoms with van der Waals surface area (Å²) in [6.07, 6.45) is 4.70. The fraction of sp³-hybridized carbons (Fsp3) is 0.636. The zero-order chi connectivity index (χ0) is 19.1. The van der Waals surface area contributed by atoms with E-state index in [9.17, 15) is 9.59 Å². The van der Waals surface area contributed by atoms with Crippen LogP contribution in [0.1, 0.15) is 37.7 Å². The molecule has 2 heterocycles. The Labute approximate surface area is 165 Å². The summed E-state index contributed by atoms with van der Waals surface area (Å²) in [6, 6.07) is 6.11. The topological polar surface area (TPSA) is 59.1 Å². The van der Waals surface area contributed by atoms with Crippen molar-refractivity contribution in [3.05, 3.63) is 23.8 Å². The Balaban J connectivity index is 1.15. The Bertz CT molecular complexity index is 756. The maximum Gasteiger partial charge on any atom is 0.231 e. The highest BCUT2D eigenvalue weighted by molar-refractivity contribution is 5.88. The van der Waals surface area contributed by atoms with Gasteiger partial charge in [0.15, 0.2) is 11.5 Å². The summed E-state index contributed by atoms with van der Waals surface area (Å²) in [5.41, 5.74) is 1.21. The first-order chi connectivity index (χ1) is 13.7. The number of amides is 1. The van der Waals surface area contributed by atoms with Gasteiger partial charge in [-0.3, -0.25) is 14.5 Å². The van der Waals surface area contributed by atoms with Gasteiger partial charge in [0.05, 0.1) is 0 Å². The van der Waals surface area contributed by atoms with Crippen LogP contribution in [-0.2, 0) is 16.1 Å². The third-order valence-electron chi connectivity index (χ3n) is 6.92. The molecule has 2 aliphatic heterocycles. The van der Waals surface area contributed by atoms with Crippen molar-refractivity contribution in [2.45, 2.75) is 38.6 Å². The monoisotopic (exact) mass is 384 g/mol. The summed E-state index contributed by atoms with van der Waals surface area (Å²) in [7, 11) is 0. The van der Waals surface area contributed by atoms with Gasteiger partial charge in [0.1, 0.15) is 5.78 Å². The van der Waals surface area contributed by atoms with Crippen LogP contribution in [0.3, 0.4) is 0 Å². The first kappa shape index (κ1) is 18.0. The summed E-state index contributed by atoms with van der Waals surface area (Å²) >= 11 is 0. The van der Waals surface area contributed by atoms with Gasteiger partial charge in [-0.25, -0.2) is 0 Å². The van der Waals surface area contributed by atoms with Gasteiger partial charge < -0.3 is 14.4 Å². The lowest BCUT2D eigenvalue weighted by Gasteiger charge is -2.41. The average molecular weight is 384 g/mol. The number of hydrogen-bond donors (Lipinski definition) is 0. The van der Waals surface area contributed by atoms with Gasteiger partial charge in [0, 0.05) is 50.5 Å². The molecule has 2 bridgehead atoms. The number of Topliss-reactive ketones (excluding diaryl/α,β-unsaturated/α-hetero) is 1. The highest BCUT2D eigenvalue weighted by Gasteiger charge is 2.42. The number of piperazine rings is 1. The predicted molar refractivity (Wildman–Crippen MR) is 103 cm³/mol. The molecule has 1 amide bonds. The molecule has 150 valence electrons. The van der Waals surface area contributed by atoms with E-state index >= 15 is 0 Å². The SMILES string of the molecule is O=C1C2CCCC1CC(C(=O)N1CCN(Cc3ccc4c(c3)OCO4)CC1)C2. The molecule has 6 heteroatoms. The van der Waals surface area contributed by atoms with Crippen LogP contribution in [0.15, 0.2) is 18.2 Å². The van der Waals surface area contributed by atoms with Gasteiger partial charge in [0.25, 0.3) is 0 Å².